The summed E-state index contributed by atoms with van der Waals surface area (Å²) in [6, 6.07) is 7.87. The predicted octanol–water partition coefficient (Wildman–Crippen LogP) is 3.60. The van der Waals surface area contributed by atoms with Gasteiger partial charge in [0.2, 0.25) is 5.91 Å². The number of benzene rings is 1. The van der Waals surface area contributed by atoms with Gasteiger partial charge in [-0.3, -0.25) is 4.79 Å². The van der Waals surface area contributed by atoms with Gasteiger partial charge in [-0.2, -0.15) is 0 Å². The van der Waals surface area contributed by atoms with Gasteiger partial charge >= 0.3 is 0 Å². The molecule has 0 spiro atoms. The molecule has 0 unspecified atom stereocenters. The minimum absolute atomic E-state index is 0.191. The molecule has 3 nitrogen and oxygen atoms in total. The molecule has 0 aliphatic rings. The average Bonchev–Trinajstić information content (AvgIpc) is 2.40. The van der Waals surface area contributed by atoms with Crippen LogP contribution in [-0.4, -0.2) is 23.4 Å². The van der Waals surface area contributed by atoms with E-state index in [1.807, 2.05) is 43.0 Å². The maximum atomic E-state index is 12.3. The van der Waals surface area contributed by atoms with Gasteiger partial charge in [-0.25, -0.2) is 0 Å². The van der Waals surface area contributed by atoms with Crippen molar-refractivity contribution in [1.82, 2.24) is 4.90 Å². The number of rotatable bonds is 8. The second kappa shape index (κ2) is 8.98. The first-order chi connectivity index (χ1) is 9.54. The fourth-order valence-corrected chi connectivity index (χ4v) is 2.34. The van der Waals surface area contributed by atoms with Gasteiger partial charge in [0.05, 0.1) is 0 Å². The van der Waals surface area contributed by atoms with Crippen LogP contribution in [-0.2, 0) is 11.3 Å². The third kappa shape index (κ3) is 5.93. The molecule has 0 heterocycles. The van der Waals surface area contributed by atoms with Crippen molar-refractivity contribution in [3.8, 4) is 0 Å². The average molecular weight is 297 g/mol. The summed E-state index contributed by atoms with van der Waals surface area (Å²) in [5.74, 6) is 0.206. The van der Waals surface area contributed by atoms with Gasteiger partial charge in [0.1, 0.15) is 0 Å². The highest BCUT2D eigenvalue weighted by Gasteiger charge is 2.16. The van der Waals surface area contributed by atoms with E-state index >= 15 is 0 Å². The van der Waals surface area contributed by atoms with Gasteiger partial charge in [-0.1, -0.05) is 30.2 Å². The van der Waals surface area contributed by atoms with Gasteiger partial charge in [0.25, 0.3) is 0 Å². The van der Waals surface area contributed by atoms with Crippen molar-refractivity contribution in [3.05, 3.63) is 34.9 Å². The lowest BCUT2D eigenvalue weighted by Crippen LogP contribution is -2.36. The molecule has 0 saturated heterocycles. The molecule has 0 radical (unpaired) electrons. The summed E-state index contributed by atoms with van der Waals surface area (Å²) in [6.07, 6.45) is 3.52. The van der Waals surface area contributed by atoms with Gasteiger partial charge in [0, 0.05) is 24.0 Å². The lowest BCUT2D eigenvalue weighted by Gasteiger charge is -2.27. The number of amides is 1. The van der Waals surface area contributed by atoms with Crippen LogP contribution in [0.5, 0.6) is 0 Å². The molecular formula is C16H25ClN2O. The third-order valence-corrected chi connectivity index (χ3v) is 3.52. The second-order valence-corrected chi connectivity index (χ2v) is 5.78. The molecule has 0 aromatic heterocycles. The van der Waals surface area contributed by atoms with Crippen LogP contribution in [0.4, 0.5) is 0 Å². The molecule has 0 bridgehead atoms. The smallest absolute Gasteiger partial charge is 0.223 e. The molecule has 0 fully saturated rings. The van der Waals surface area contributed by atoms with E-state index in [9.17, 15) is 4.79 Å². The number of nitrogens with two attached hydrogens (primary N) is 1. The van der Waals surface area contributed by atoms with E-state index in [4.69, 9.17) is 17.3 Å². The molecule has 1 rings (SSSR count). The largest absolute Gasteiger partial charge is 0.336 e. The topological polar surface area (TPSA) is 46.3 Å². The molecule has 112 valence electrons. The fraction of sp³-hybridized carbons (Fsp3) is 0.562. The van der Waals surface area contributed by atoms with E-state index in [1.54, 1.807) is 0 Å². The van der Waals surface area contributed by atoms with Crippen LogP contribution in [0.2, 0.25) is 5.02 Å². The summed E-state index contributed by atoms with van der Waals surface area (Å²) in [4.78, 5) is 14.2. The molecule has 0 atom stereocenters. The Hall–Kier alpha value is -1.06. The van der Waals surface area contributed by atoms with Crippen molar-refractivity contribution < 1.29 is 4.79 Å². The van der Waals surface area contributed by atoms with Gasteiger partial charge in [-0.05, 0) is 50.9 Å². The van der Waals surface area contributed by atoms with Gasteiger partial charge < -0.3 is 10.6 Å². The zero-order valence-corrected chi connectivity index (χ0v) is 13.2. The van der Waals surface area contributed by atoms with Crippen LogP contribution in [0.25, 0.3) is 0 Å². The second-order valence-electron chi connectivity index (χ2n) is 5.34. The Balaban J connectivity index is 2.57. The van der Waals surface area contributed by atoms with Crippen molar-refractivity contribution in [2.24, 2.45) is 5.73 Å². The van der Waals surface area contributed by atoms with Crippen LogP contribution in [0, 0.1) is 0 Å². The molecule has 4 heteroatoms. The molecular weight excluding hydrogens is 272 g/mol. The van der Waals surface area contributed by atoms with E-state index in [0.717, 1.165) is 24.8 Å². The number of nitrogens with zero attached hydrogens (tertiary/aromatic N) is 1. The predicted molar refractivity (Wildman–Crippen MR) is 84.7 cm³/mol. The van der Waals surface area contributed by atoms with Crippen LogP contribution in [0.3, 0.4) is 0 Å². The number of carbonyl (C=O) groups is 1. The number of halogens is 1. The highest BCUT2D eigenvalue weighted by molar-refractivity contribution is 6.30. The number of hydrogen-bond acceptors (Lipinski definition) is 2. The standard InChI is InChI=1S/C16H25ClN2O/c1-13(2)19(16(20)9-4-3-5-10-18)12-14-7-6-8-15(17)11-14/h6-8,11,13H,3-5,9-10,12,18H2,1-2H3. The van der Waals surface area contributed by atoms with Gasteiger partial charge in [0.15, 0.2) is 0 Å². The zero-order chi connectivity index (χ0) is 15.0. The van der Waals surface area contributed by atoms with Crippen LogP contribution in [0.1, 0.15) is 45.1 Å². The minimum atomic E-state index is 0.191. The summed E-state index contributed by atoms with van der Waals surface area (Å²) in [5, 5.41) is 0.710. The normalized spacial score (nSPS) is 10.8. The molecule has 0 aliphatic carbocycles. The van der Waals surface area contributed by atoms with Crippen molar-refractivity contribution >= 4 is 17.5 Å². The van der Waals surface area contributed by atoms with E-state index < -0.39 is 0 Å². The molecule has 0 saturated carbocycles. The Kier molecular flexibility index (Phi) is 7.63. The number of hydrogen-bond donors (Lipinski definition) is 1. The van der Waals surface area contributed by atoms with Crippen LogP contribution in [0.15, 0.2) is 24.3 Å². The third-order valence-electron chi connectivity index (χ3n) is 3.28. The Morgan fingerprint density at radius 3 is 2.65 bits per heavy atom. The lowest BCUT2D eigenvalue weighted by atomic mass is 10.1. The first kappa shape index (κ1) is 17.0. The molecule has 20 heavy (non-hydrogen) atoms. The summed E-state index contributed by atoms with van der Waals surface area (Å²) in [6.45, 7) is 5.41. The van der Waals surface area contributed by atoms with E-state index in [0.29, 0.717) is 24.5 Å². The lowest BCUT2D eigenvalue weighted by molar-refractivity contribution is -0.133. The number of unbranched alkanes of at least 4 members (excludes halogenated alkanes) is 2. The van der Waals surface area contributed by atoms with E-state index in [-0.39, 0.29) is 11.9 Å². The molecule has 1 aromatic carbocycles. The first-order valence-corrected chi connectivity index (χ1v) is 7.66. The maximum absolute atomic E-state index is 12.3. The molecule has 1 aromatic rings. The first-order valence-electron chi connectivity index (χ1n) is 7.28. The Morgan fingerprint density at radius 1 is 1.30 bits per heavy atom. The monoisotopic (exact) mass is 296 g/mol. The van der Waals surface area contributed by atoms with Crippen molar-refractivity contribution in [1.29, 1.82) is 0 Å². The quantitative estimate of drug-likeness (QED) is 0.745. The SMILES string of the molecule is CC(C)N(Cc1cccc(Cl)c1)C(=O)CCCCCN. The zero-order valence-electron chi connectivity index (χ0n) is 12.4. The highest BCUT2D eigenvalue weighted by Crippen LogP contribution is 2.15. The summed E-state index contributed by atoms with van der Waals surface area (Å²) in [5.41, 5.74) is 6.53. The molecule has 2 N–H and O–H groups in total. The molecule has 0 aliphatic heterocycles. The molecule has 1 amide bonds. The Labute approximate surface area is 127 Å². The Bertz CT molecular complexity index is 421. The summed E-state index contributed by atoms with van der Waals surface area (Å²) in [7, 11) is 0. The Morgan fingerprint density at radius 2 is 2.05 bits per heavy atom. The van der Waals surface area contributed by atoms with E-state index in [2.05, 4.69) is 0 Å². The maximum Gasteiger partial charge on any atom is 0.223 e. The fourth-order valence-electron chi connectivity index (χ4n) is 2.13. The number of carbonyl (C=O) groups excluding carboxylic acids is 1. The van der Waals surface area contributed by atoms with Gasteiger partial charge in [-0.15, -0.1) is 0 Å². The van der Waals surface area contributed by atoms with Crippen molar-refractivity contribution in [2.75, 3.05) is 6.54 Å². The van der Waals surface area contributed by atoms with Crippen LogP contribution >= 0.6 is 11.6 Å². The van der Waals surface area contributed by atoms with Crippen molar-refractivity contribution in [3.63, 3.8) is 0 Å². The highest BCUT2D eigenvalue weighted by atomic mass is 35.5. The van der Waals surface area contributed by atoms with E-state index in [1.165, 1.54) is 0 Å². The summed E-state index contributed by atoms with van der Waals surface area (Å²) >= 11 is 5.99. The summed E-state index contributed by atoms with van der Waals surface area (Å²) < 4.78 is 0. The van der Waals surface area contributed by atoms with Crippen LogP contribution < -0.4 is 5.73 Å². The van der Waals surface area contributed by atoms with Crippen molar-refractivity contribution in [2.45, 2.75) is 52.1 Å². The minimum Gasteiger partial charge on any atom is -0.336 e.